The first kappa shape index (κ1) is 19.9. The molecule has 0 aromatic heterocycles. The molecule has 0 unspecified atom stereocenters. The second-order valence-corrected chi connectivity index (χ2v) is 8.38. The molecule has 27 heavy (non-hydrogen) atoms. The van der Waals surface area contributed by atoms with E-state index in [2.05, 4.69) is 82.3 Å². The first-order valence-corrected chi connectivity index (χ1v) is 10.2. The largest absolute Gasteiger partial charge is 0.493 e. The third-order valence-electron chi connectivity index (χ3n) is 5.63. The molecular formula is C24H34NO2+. The van der Waals surface area contributed by atoms with Crippen LogP contribution in [0, 0.1) is 0 Å². The van der Waals surface area contributed by atoms with Gasteiger partial charge in [0.25, 0.3) is 0 Å². The summed E-state index contributed by atoms with van der Waals surface area (Å²) in [5.74, 6) is 0.960. The van der Waals surface area contributed by atoms with Crippen LogP contribution in [0.4, 0.5) is 0 Å². The molecular weight excluding hydrogens is 334 g/mol. The number of benzene rings is 2. The standard InChI is InChI=1S/C24H33NO2/c1-19-17-25(18-20(2)27-19)15-8-16-26-23-13-11-22(12-14-23)24(3,4)21-9-6-5-7-10-21/h5-7,9-14,19-20H,8,15-18H2,1-4H3/p+1/t19-,20-/m1/s1. The van der Waals surface area contributed by atoms with Gasteiger partial charge in [-0.15, -0.1) is 0 Å². The fourth-order valence-electron chi connectivity index (χ4n) is 4.09. The molecule has 0 amide bonds. The molecule has 2 atom stereocenters. The zero-order valence-corrected chi connectivity index (χ0v) is 17.2. The van der Waals surface area contributed by atoms with E-state index in [0.29, 0.717) is 12.2 Å². The second-order valence-electron chi connectivity index (χ2n) is 8.38. The van der Waals surface area contributed by atoms with E-state index in [1.54, 1.807) is 4.90 Å². The van der Waals surface area contributed by atoms with E-state index in [1.807, 2.05) is 0 Å². The number of rotatable bonds is 7. The molecule has 1 fully saturated rings. The lowest BCUT2D eigenvalue weighted by molar-refractivity contribution is -0.915. The highest BCUT2D eigenvalue weighted by atomic mass is 16.5. The van der Waals surface area contributed by atoms with Gasteiger partial charge in [-0.25, -0.2) is 0 Å². The Kier molecular flexibility index (Phi) is 6.56. The molecule has 3 nitrogen and oxygen atoms in total. The van der Waals surface area contributed by atoms with E-state index in [1.165, 1.54) is 11.1 Å². The van der Waals surface area contributed by atoms with Crippen molar-refractivity contribution in [2.24, 2.45) is 0 Å². The van der Waals surface area contributed by atoms with Gasteiger partial charge < -0.3 is 14.4 Å². The molecule has 0 radical (unpaired) electrons. The van der Waals surface area contributed by atoms with Gasteiger partial charge in [0, 0.05) is 11.8 Å². The highest BCUT2D eigenvalue weighted by molar-refractivity contribution is 5.39. The summed E-state index contributed by atoms with van der Waals surface area (Å²) in [5, 5.41) is 0. The summed E-state index contributed by atoms with van der Waals surface area (Å²) >= 11 is 0. The van der Waals surface area contributed by atoms with Crippen molar-refractivity contribution in [1.82, 2.24) is 0 Å². The molecule has 3 rings (SSSR count). The smallest absolute Gasteiger partial charge is 0.119 e. The number of morpholine rings is 1. The van der Waals surface area contributed by atoms with Crippen LogP contribution in [0.2, 0.25) is 0 Å². The lowest BCUT2D eigenvalue weighted by atomic mass is 9.78. The fraction of sp³-hybridized carbons (Fsp3) is 0.500. The SMILES string of the molecule is C[C@@H]1C[NH+](CCCOc2ccc(C(C)(C)c3ccccc3)cc2)C[C@@H](C)O1. The maximum absolute atomic E-state index is 5.98. The zero-order valence-electron chi connectivity index (χ0n) is 17.2. The molecule has 1 aliphatic rings. The average Bonchev–Trinajstić information content (AvgIpc) is 2.66. The van der Waals surface area contributed by atoms with Crippen molar-refractivity contribution >= 4 is 0 Å². The third kappa shape index (κ3) is 5.33. The molecule has 0 saturated carbocycles. The predicted molar refractivity (Wildman–Crippen MR) is 111 cm³/mol. The number of ether oxygens (including phenoxy) is 2. The molecule has 0 bridgehead atoms. The molecule has 3 heteroatoms. The quantitative estimate of drug-likeness (QED) is 0.756. The highest BCUT2D eigenvalue weighted by Gasteiger charge is 2.25. The number of hydrogen-bond acceptors (Lipinski definition) is 2. The molecule has 0 spiro atoms. The molecule has 2 aromatic rings. The van der Waals surface area contributed by atoms with Gasteiger partial charge in [-0.1, -0.05) is 56.3 Å². The highest BCUT2D eigenvalue weighted by Crippen LogP contribution is 2.32. The van der Waals surface area contributed by atoms with Gasteiger partial charge >= 0.3 is 0 Å². The molecule has 1 saturated heterocycles. The van der Waals surface area contributed by atoms with E-state index in [-0.39, 0.29) is 5.41 Å². The first-order valence-electron chi connectivity index (χ1n) is 10.2. The van der Waals surface area contributed by atoms with Crippen molar-refractivity contribution in [2.75, 3.05) is 26.2 Å². The van der Waals surface area contributed by atoms with Crippen molar-refractivity contribution in [3.05, 3.63) is 65.7 Å². The van der Waals surface area contributed by atoms with Crippen LogP contribution in [0.5, 0.6) is 5.75 Å². The van der Waals surface area contributed by atoms with Gasteiger partial charge in [0.15, 0.2) is 0 Å². The summed E-state index contributed by atoms with van der Waals surface area (Å²) in [6, 6.07) is 19.3. The molecule has 1 heterocycles. The Hall–Kier alpha value is -1.84. The van der Waals surface area contributed by atoms with E-state index in [0.717, 1.165) is 38.4 Å². The summed E-state index contributed by atoms with van der Waals surface area (Å²) in [6.45, 7) is 13.0. The van der Waals surface area contributed by atoms with Crippen LogP contribution in [0.15, 0.2) is 54.6 Å². The monoisotopic (exact) mass is 368 g/mol. The number of quaternary nitrogens is 1. The third-order valence-corrected chi connectivity index (χ3v) is 5.63. The molecule has 0 aliphatic carbocycles. The van der Waals surface area contributed by atoms with Crippen LogP contribution in [-0.4, -0.2) is 38.4 Å². The Morgan fingerprint density at radius 2 is 1.52 bits per heavy atom. The van der Waals surface area contributed by atoms with Gasteiger partial charge in [0.05, 0.1) is 13.2 Å². The lowest BCUT2D eigenvalue weighted by Crippen LogP contribution is -3.15. The van der Waals surface area contributed by atoms with Crippen molar-refractivity contribution in [1.29, 1.82) is 0 Å². The minimum atomic E-state index is -0.00707. The van der Waals surface area contributed by atoms with Crippen LogP contribution in [0.1, 0.15) is 45.2 Å². The summed E-state index contributed by atoms with van der Waals surface area (Å²) in [5.41, 5.74) is 2.63. The summed E-state index contributed by atoms with van der Waals surface area (Å²) in [6.07, 6.45) is 1.81. The van der Waals surface area contributed by atoms with Gasteiger partial charge in [0.2, 0.25) is 0 Å². The average molecular weight is 369 g/mol. The molecule has 146 valence electrons. The Bertz CT molecular complexity index is 686. The van der Waals surface area contributed by atoms with Crippen molar-refractivity contribution in [2.45, 2.75) is 51.7 Å². The molecule has 2 aromatic carbocycles. The van der Waals surface area contributed by atoms with Gasteiger partial charge in [-0.05, 0) is 37.1 Å². The number of hydrogen-bond donors (Lipinski definition) is 1. The van der Waals surface area contributed by atoms with Crippen LogP contribution in [-0.2, 0) is 10.2 Å². The van der Waals surface area contributed by atoms with Crippen molar-refractivity contribution in [3.63, 3.8) is 0 Å². The second kappa shape index (κ2) is 8.90. The van der Waals surface area contributed by atoms with E-state index in [4.69, 9.17) is 9.47 Å². The summed E-state index contributed by atoms with van der Waals surface area (Å²) in [7, 11) is 0. The Morgan fingerprint density at radius 1 is 0.926 bits per heavy atom. The van der Waals surface area contributed by atoms with E-state index in [9.17, 15) is 0 Å². The van der Waals surface area contributed by atoms with Crippen LogP contribution in [0.25, 0.3) is 0 Å². The Morgan fingerprint density at radius 3 is 2.15 bits per heavy atom. The van der Waals surface area contributed by atoms with E-state index < -0.39 is 0 Å². The minimum Gasteiger partial charge on any atom is -0.493 e. The fourth-order valence-corrected chi connectivity index (χ4v) is 4.09. The summed E-state index contributed by atoms with van der Waals surface area (Å²) < 4.78 is 11.8. The maximum Gasteiger partial charge on any atom is 0.119 e. The number of nitrogens with one attached hydrogen (secondary N) is 1. The van der Waals surface area contributed by atoms with Crippen molar-refractivity contribution in [3.8, 4) is 5.75 Å². The lowest BCUT2D eigenvalue weighted by Gasteiger charge is -2.32. The van der Waals surface area contributed by atoms with E-state index >= 15 is 0 Å². The first-order chi connectivity index (χ1) is 12.9. The summed E-state index contributed by atoms with van der Waals surface area (Å²) in [4.78, 5) is 1.63. The van der Waals surface area contributed by atoms with Crippen LogP contribution in [0.3, 0.4) is 0 Å². The topological polar surface area (TPSA) is 22.9 Å². The van der Waals surface area contributed by atoms with Gasteiger partial charge in [-0.2, -0.15) is 0 Å². The Balaban J connectivity index is 1.48. The zero-order chi connectivity index (χ0) is 19.3. The molecule has 1 aliphatic heterocycles. The maximum atomic E-state index is 5.98. The van der Waals surface area contributed by atoms with Gasteiger partial charge in [-0.3, -0.25) is 0 Å². The predicted octanol–water partition coefficient (Wildman–Crippen LogP) is 3.47. The van der Waals surface area contributed by atoms with Crippen LogP contribution >= 0.6 is 0 Å². The normalized spacial score (nSPS) is 23.2. The Labute approximate surface area is 164 Å². The minimum absolute atomic E-state index is 0.00707. The van der Waals surface area contributed by atoms with Crippen LogP contribution < -0.4 is 9.64 Å². The molecule has 1 N–H and O–H groups in total. The van der Waals surface area contributed by atoms with Gasteiger partial charge in [0.1, 0.15) is 31.0 Å². The van der Waals surface area contributed by atoms with Crippen molar-refractivity contribution < 1.29 is 14.4 Å².